The Bertz CT molecular complexity index is 783. The van der Waals surface area contributed by atoms with E-state index in [1.807, 2.05) is 35.2 Å². The van der Waals surface area contributed by atoms with Crippen LogP contribution < -0.4 is 9.64 Å². The number of amidine groups is 1. The number of benzene rings is 2. The van der Waals surface area contributed by atoms with Crippen LogP contribution in [-0.2, 0) is 0 Å². The van der Waals surface area contributed by atoms with E-state index in [0.717, 1.165) is 43.8 Å². The van der Waals surface area contributed by atoms with Gasteiger partial charge in [-0.05, 0) is 49.2 Å². The molecule has 28 heavy (non-hydrogen) atoms. The molecule has 0 unspecified atom stereocenters. The maximum absolute atomic E-state index is 12.8. The molecule has 0 saturated carbocycles. The molecule has 0 aliphatic carbocycles. The lowest BCUT2D eigenvalue weighted by Crippen LogP contribution is -2.35. The second-order valence-electron chi connectivity index (χ2n) is 6.36. The van der Waals surface area contributed by atoms with E-state index >= 15 is 0 Å². The van der Waals surface area contributed by atoms with Crippen LogP contribution in [0.5, 0.6) is 5.75 Å². The van der Waals surface area contributed by atoms with E-state index in [1.54, 1.807) is 0 Å². The van der Waals surface area contributed by atoms with Crippen molar-refractivity contribution in [3.63, 3.8) is 0 Å². The van der Waals surface area contributed by atoms with Crippen molar-refractivity contribution in [2.24, 2.45) is 4.99 Å². The molecule has 2 aromatic carbocycles. The minimum Gasteiger partial charge on any atom is -0.435 e. The lowest BCUT2D eigenvalue weighted by molar-refractivity contribution is -0.0498. The average Bonchev–Trinajstić information content (AvgIpc) is 2.96. The van der Waals surface area contributed by atoms with Gasteiger partial charge in [-0.2, -0.15) is 8.78 Å². The quantitative estimate of drug-likeness (QED) is 0.541. The Morgan fingerprint density at radius 2 is 1.75 bits per heavy atom. The molecule has 0 saturated heterocycles. The first-order valence-corrected chi connectivity index (χ1v) is 9.07. The molecule has 0 N–H and O–H groups in total. The van der Waals surface area contributed by atoms with Crippen LogP contribution in [0, 0.1) is 0 Å². The number of Topliss-reactive ketones (excluding diaryl/α,β-unsaturated/α-hetero) is 1. The van der Waals surface area contributed by atoms with Gasteiger partial charge in [0, 0.05) is 24.2 Å². The number of aliphatic imine (C=N–C) groups is 1. The number of carbonyl (C=O) groups is 1. The van der Waals surface area contributed by atoms with E-state index in [4.69, 9.17) is 0 Å². The van der Waals surface area contributed by atoms with Crippen molar-refractivity contribution >= 4 is 34.3 Å². The highest BCUT2D eigenvalue weighted by Crippen LogP contribution is 2.21. The zero-order chi connectivity index (χ0) is 19.1. The third kappa shape index (κ3) is 6.12. The molecule has 0 fully saturated rings. The van der Waals surface area contributed by atoms with Crippen LogP contribution >= 0.6 is 17.0 Å². The van der Waals surface area contributed by atoms with Crippen LogP contribution in [0.1, 0.15) is 36.0 Å². The van der Waals surface area contributed by atoms with Crippen LogP contribution in [0.15, 0.2) is 59.6 Å². The SMILES string of the molecule is Br.O=C(CN(C1=NCCCCC1)c1ccccc1)c1ccc(OC(F)F)cc1. The van der Waals surface area contributed by atoms with E-state index in [2.05, 4.69) is 9.73 Å². The van der Waals surface area contributed by atoms with Gasteiger partial charge < -0.3 is 9.64 Å². The number of halogens is 3. The van der Waals surface area contributed by atoms with E-state index in [0.29, 0.717) is 5.56 Å². The highest BCUT2D eigenvalue weighted by molar-refractivity contribution is 8.93. The van der Waals surface area contributed by atoms with Gasteiger partial charge in [0.25, 0.3) is 0 Å². The number of hydrogen-bond acceptors (Lipinski definition) is 4. The summed E-state index contributed by atoms with van der Waals surface area (Å²) < 4.78 is 28.9. The molecule has 0 spiro atoms. The third-order valence-corrected chi connectivity index (χ3v) is 4.44. The summed E-state index contributed by atoms with van der Waals surface area (Å²) >= 11 is 0. The Balaban J connectivity index is 0.00000280. The van der Waals surface area contributed by atoms with Crippen molar-refractivity contribution in [2.45, 2.75) is 32.3 Å². The molecule has 1 heterocycles. The summed E-state index contributed by atoms with van der Waals surface area (Å²) in [6.07, 6.45) is 4.08. The fraction of sp³-hybridized carbons (Fsp3) is 0.333. The number of nitrogens with zero attached hydrogens (tertiary/aromatic N) is 2. The summed E-state index contributed by atoms with van der Waals surface area (Å²) in [6, 6.07) is 15.5. The predicted octanol–water partition coefficient (Wildman–Crippen LogP) is 5.53. The highest BCUT2D eigenvalue weighted by atomic mass is 79.9. The number of anilines is 1. The molecule has 0 atom stereocenters. The van der Waals surface area contributed by atoms with E-state index in [9.17, 15) is 13.6 Å². The lowest BCUT2D eigenvalue weighted by atomic mass is 10.1. The molecule has 0 bridgehead atoms. The van der Waals surface area contributed by atoms with Gasteiger partial charge in [0.1, 0.15) is 11.6 Å². The van der Waals surface area contributed by atoms with Crippen molar-refractivity contribution in [1.29, 1.82) is 0 Å². The number of alkyl halides is 2. The number of rotatable bonds is 6. The van der Waals surface area contributed by atoms with Gasteiger partial charge in [-0.1, -0.05) is 24.6 Å². The Kier molecular flexibility index (Phi) is 8.57. The third-order valence-electron chi connectivity index (χ3n) is 4.44. The van der Waals surface area contributed by atoms with Crippen LogP contribution in [0.3, 0.4) is 0 Å². The first-order chi connectivity index (χ1) is 13.1. The summed E-state index contributed by atoms with van der Waals surface area (Å²) in [7, 11) is 0. The van der Waals surface area contributed by atoms with Crippen molar-refractivity contribution < 1.29 is 18.3 Å². The van der Waals surface area contributed by atoms with Gasteiger partial charge in [0.05, 0.1) is 6.54 Å². The molecule has 0 aromatic heterocycles. The largest absolute Gasteiger partial charge is 0.435 e. The minimum absolute atomic E-state index is 0. The van der Waals surface area contributed by atoms with Gasteiger partial charge in [-0.25, -0.2) is 0 Å². The molecule has 0 amide bonds. The Morgan fingerprint density at radius 1 is 1.04 bits per heavy atom. The Hall–Kier alpha value is -2.28. The molecule has 1 aliphatic rings. The monoisotopic (exact) mass is 452 g/mol. The second kappa shape index (κ2) is 10.9. The van der Waals surface area contributed by atoms with Crippen molar-refractivity contribution in [3.8, 4) is 5.75 Å². The zero-order valence-electron chi connectivity index (χ0n) is 15.4. The number of hydrogen-bond donors (Lipinski definition) is 0. The maximum Gasteiger partial charge on any atom is 0.387 e. The molecule has 7 heteroatoms. The summed E-state index contributed by atoms with van der Waals surface area (Å²) in [5, 5.41) is 0. The molecule has 4 nitrogen and oxygen atoms in total. The van der Waals surface area contributed by atoms with E-state index < -0.39 is 6.61 Å². The molecular weight excluding hydrogens is 430 g/mol. The predicted molar refractivity (Wildman–Crippen MR) is 112 cm³/mol. The Labute approximate surface area is 174 Å². The molecular formula is C21H23BrF2N2O2. The lowest BCUT2D eigenvalue weighted by Gasteiger charge is -2.25. The average molecular weight is 453 g/mol. The second-order valence-corrected chi connectivity index (χ2v) is 6.36. The maximum atomic E-state index is 12.8. The summed E-state index contributed by atoms with van der Waals surface area (Å²) in [5.74, 6) is 0.855. The number of ether oxygens (including phenoxy) is 1. The smallest absolute Gasteiger partial charge is 0.387 e. The highest BCUT2D eigenvalue weighted by Gasteiger charge is 2.19. The van der Waals surface area contributed by atoms with E-state index in [1.165, 1.54) is 24.3 Å². The van der Waals surface area contributed by atoms with Crippen molar-refractivity contribution in [2.75, 3.05) is 18.0 Å². The van der Waals surface area contributed by atoms with Gasteiger partial charge >= 0.3 is 6.61 Å². The van der Waals surface area contributed by atoms with Crippen LogP contribution in [-0.4, -0.2) is 31.3 Å². The fourth-order valence-corrected chi connectivity index (χ4v) is 3.08. The van der Waals surface area contributed by atoms with E-state index in [-0.39, 0.29) is 35.1 Å². The molecule has 3 rings (SSSR count). The minimum atomic E-state index is -2.88. The van der Waals surface area contributed by atoms with Gasteiger partial charge in [0.15, 0.2) is 5.78 Å². The first kappa shape index (κ1) is 22.0. The molecule has 0 radical (unpaired) electrons. The van der Waals surface area contributed by atoms with Gasteiger partial charge in [-0.15, -0.1) is 17.0 Å². The molecule has 150 valence electrons. The van der Waals surface area contributed by atoms with Gasteiger partial charge in [0.2, 0.25) is 0 Å². The summed E-state index contributed by atoms with van der Waals surface area (Å²) in [5.41, 5.74) is 1.37. The first-order valence-electron chi connectivity index (χ1n) is 9.07. The topological polar surface area (TPSA) is 41.9 Å². The molecule has 2 aromatic rings. The van der Waals surface area contributed by atoms with Crippen LogP contribution in [0.25, 0.3) is 0 Å². The van der Waals surface area contributed by atoms with Crippen molar-refractivity contribution in [3.05, 3.63) is 60.2 Å². The van der Waals surface area contributed by atoms with Crippen molar-refractivity contribution in [1.82, 2.24) is 0 Å². The number of carbonyl (C=O) groups excluding carboxylic acids is 1. The molecule has 1 aliphatic heterocycles. The zero-order valence-corrected chi connectivity index (χ0v) is 17.1. The normalized spacial score (nSPS) is 13.9. The number of ketones is 1. The van der Waals surface area contributed by atoms with Crippen LogP contribution in [0.2, 0.25) is 0 Å². The van der Waals surface area contributed by atoms with Gasteiger partial charge in [-0.3, -0.25) is 9.79 Å². The summed E-state index contributed by atoms with van der Waals surface area (Å²) in [4.78, 5) is 19.4. The fourth-order valence-electron chi connectivity index (χ4n) is 3.08. The standard InChI is InChI=1S/C21H22F2N2O2.BrH/c22-21(23)27-18-12-10-16(11-13-18)19(26)15-25(17-7-3-1-4-8-17)20-9-5-2-6-14-24-20;/h1,3-4,7-8,10-13,21H,2,5-6,9,14-15H2;1H. The van der Waals surface area contributed by atoms with Crippen LogP contribution in [0.4, 0.5) is 14.5 Å². The summed E-state index contributed by atoms with van der Waals surface area (Å²) in [6.45, 7) is -1.96. The Morgan fingerprint density at radius 3 is 2.43 bits per heavy atom. The number of para-hydroxylation sites is 1.